The lowest BCUT2D eigenvalue weighted by Gasteiger charge is -2.29. The van der Waals surface area contributed by atoms with E-state index in [1.807, 2.05) is 6.20 Å². The molecule has 2 rings (SSSR count). The Bertz CT molecular complexity index is 297. The third-order valence-corrected chi connectivity index (χ3v) is 3.43. The fourth-order valence-electron chi connectivity index (χ4n) is 2.04. The summed E-state index contributed by atoms with van der Waals surface area (Å²) in [5, 5.41) is 0. The number of hydrogen-bond donors (Lipinski definition) is 0. The van der Waals surface area contributed by atoms with Gasteiger partial charge in [-0.25, -0.2) is 0 Å². The van der Waals surface area contributed by atoms with Crippen molar-refractivity contribution in [1.82, 2.24) is 9.88 Å². The van der Waals surface area contributed by atoms with Crippen molar-refractivity contribution in [3.8, 4) is 0 Å². The van der Waals surface area contributed by atoms with E-state index in [1.54, 1.807) is 0 Å². The third-order valence-electron chi connectivity index (χ3n) is 2.79. The zero-order chi connectivity index (χ0) is 9.97. The van der Waals surface area contributed by atoms with Crippen molar-refractivity contribution in [3.05, 3.63) is 27.6 Å². The minimum atomic E-state index is 0.644. The van der Waals surface area contributed by atoms with Crippen molar-refractivity contribution in [1.29, 1.82) is 0 Å². The number of aromatic nitrogens is 1. The Morgan fingerprint density at radius 2 is 2.36 bits per heavy atom. The fourth-order valence-corrected chi connectivity index (χ4v) is 2.36. The highest BCUT2D eigenvalue weighted by Crippen LogP contribution is 2.24. The molecule has 1 aromatic heterocycles. The zero-order valence-corrected chi connectivity index (χ0v) is 10.6. The Morgan fingerprint density at radius 1 is 1.50 bits per heavy atom. The maximum absolute atomic E-state index is 4.50. The number of halogens is 1. The zero-order valence-electron chi connectivity index (χ0n) is 8.41. The quantitative estimate of drug-likeness (QED) is 0.741. The van der Waals surface area contributed by atoms with E-state index >= 15 is 0 Å². The molecule has 14 heavy (non-hydrogen) atoms. The number of piperidine rings is 1. The summed E-state index contributed by atoms with van der Waals surface area (Å²) in [6.07, 6.45) is 4.55. The SMILES string of the molecule is CN1CCCC(c2ccc(I)cn2)C1. The minimum absolute atomic E-state index is 0.644. The summed E-state index contributed by atoms with van der Waals surface area (Å²) in [5.41, 5.74) is 1.26. The second-order valence-electron chi connectivity index (χ2n) is 4.00. The summed E-state index contributed by atoms with van der Waals surface area (Å²) in [4.78, 5) is 6.90. The van der Waals surface area contributed by atoms with Crippen molar-refractivity contribution < 1.29 is 0 Å². The van der Waals surface area contributed by atoms with Gasteiger partial charge in [0.1, 0.15) is 0 Å². The molecule has 1 fully saturated rings. The molecule has 0 amide bonds. The second-order valence-corrected chi connectivity index (χ2v) is 5.25. The van der Waals surface area contributed by atoms with Crippen LogP contribution in [0.15, 0.2) is 18.3 Å². The monoisotopic (exact) mass is 302 g/mol. The number of pyridine rings is 1. The Balaban J connectivity index is 2.10. The molecule has 1 aliphatic rings. The predicted molar refractivity (Wildman–Crippen MR) is 66.4 cm³/mol. The van der Waals surface area contributed by atoms with Gasteiger partial charge in [-0.1, -0.05) is 0 Å². The van der Waals surface area contributed by atoms with Crippen LogP contribution < -0.4 is 0 Å². The van der Waals surface area contributed by atoms with Crippen LogP contribution in [0.4, 0.5) is 0 Å². The summed E-state index contributed by atoms with van der Waals surface area (Å²) in [5.74, 6) is 0.644. The van der Waals surface area contributed by atoms with Gasteiger partial charge in [0.2, 0.25) is 0 Å². The Labute approximate surface area is 98.9 Å². The molecule has 0 radical (unpaired) electrons. The van der Waals surface area contributed by atoms with E-state index in [9.17, 15) is 0 Å². The van der Waals surface area contributed by atoms with Gasteiger partial charge in [-0.2, -0.15) is 0 Å². The maximum Gasteiger partial charge on any atom is 0.0448 e. The number of nitrogens with zero attached hydrogens (tertiary/aromatic N) is 2. The lowest BCUT2D eigenvalue weighted by molar-refractivity contribution is 0.248. The molecule has 0 bridgehead atoms. The Morgan fingerprint density at radius 3 is 3.00 bits per heavy atom. The van der Waals surface area contributed by atoms with Crippen LogP contribution in [0.1, 0.15) is 24.5 Å². The standard InChI is InChI=1S/C11H15IN2/c1-14-6-2-3-9(8-14)11-5-4-10(12)7-13-11/h4-5,7,9H,2-3,6,8H2,1H3. The van der Waals surface area contributed by atoms with Gasteiger partial charge in [-0.15, -0.1) is 0 Å². The van der Waals surface area contributed by atoms with E-state index in [4.69, 9.17) is 0 Å². The van der Waals surface area contributed by atoms with Crippen LogP contribution >= 0.6 is 22.6 Å². The summed E-state index contributed by atoms with van der Waals surface area (Å²) >= 11 is 2.30. The molecule has 76 valence electrons. The lowest BCUT2D eigenvalue weighted by atomic mass is 9.95. The first kappa shape index (κ1) is 10.4. The highest BCUT2D eigenvalue weighted by atomic mass is 127. The van der Waals surface area contributed by atoms with E-state index in [1.165, 1.54) is 28.7 Å². The first-order valence-electron chi connectivity index (χ1n) is 5.05. The molecule has 3 heteroatoms. The molecule has 1 saturated heterocycles. The normalized spacial score (nSPS) is 23.7. The van der Waals surface area contributed by atoms with Crippen molar-refractivity contribution in [2.75, 3.05) is 20.1 Å². The van der Waals surface area contributed by atoms with Gasteiger partial charge >= 0.3 is 0 Å². The smallest absolute Gasteiger partial charge is 0.0448 e. The minimum Gasteiger partial charge on any atom is -0.306 e. The topological polar surface area (TPSA) is 16.1 Å². The highest BCUT2D eigenvalue weighted by molar-refractivity contribution is 14.1. The average Bonchev–Trinajstić information content (AvgIpc) is 2.19. The van der Waals surface area contributed by atoms with Crippen molar-refractivity contribution in [2.45, 2.75) is 18.8 Å². The van der Waals surface area contributed by atoms with Crippen LogP contribution in [-0.2, 0) is 0 Å². The second kappa shape index (κ2) is 4.57. The molecule has 0 spiro atoms. The van der Waals surface area contributed by atoms with Crippen LogP contribution in [0.3, 0.4) is 0 Å². The number of rotatable bonds is 1. The van der Waals surface area contributed by atoms with Crippen LogP contribution in [0.2, 0.25) is 0 Å². The molecule has 2 nitrogen and oxygen atoms in total. The highest BCUT2D eigenvalue weighted by Gasteiger charge is 2.19. The van der Waals surface area contributed by atoms with E-state index in [2.05, 4.69) is 51.7 Å². The fraction of sp³-hybridized carbons (Fsp3) is 0.545. The first-order chi connectivity index (χ1) is 6.75. The van der Waals surface area contributed by atoms with Gasteiger partial charge in [-0.3, -0.25) is 4.98 Å². The number of hydrogen-bond acceptors (Lipinski definition) is 2. The number of likely N-dealkylation sites (tertiary alicyclic amines) is 1. The molecule has 1 aromatic rings. The predicted octanol–water partition coefficient (Wildman–Crippen LogP) is 2.50. The van der Waals surface area contributed by atoms with E-state index in [0.717, 1.165) is 6.54 Å². The first-order valence-corrected chi connectivity index (χ1v) is 6.13. The van der Waals surface area contributed by atoms with Crippen LogP contribution in [0, 0.1) is 3.57 Å². The summed E-state index contributed by atoms with van der Waals surface area (Å²) < 4.78 is 1.22. The molecule has 1 unspecified atom stereocenters. The molecule has 2 heterocycles. The molecule has 0 aromatic carbocycles. The third kappa shape index (κ3) is 2.45. The van der Waals surface area contributed by atoms with Gasteiger partial charge in [0.15, 0.2) is 0 Å². The van der Waals surface area contributed by atoms with E-state index in [0.29, 0.717) is 5.92 Å². The van der Waals surface area contributed by atoms with Crippen LogP contribution in [0.25, 0.3) is 0 Å². The average molecular weight is 302 g/mol. The summed E-state index contributed by atoms with van der Waals surface area (Å²) in [6.45, 7) is 2.40. The van der Waals surface area contributed by atoms with E-state index < -0.39 is 0 Å². The van der Waals surface area contributed by atoms with Crippen LogP contribution in [-0.4, -0.2) is 30.0 Å². The lowest BCUT2D eigenvalue weighted by Crippen LogP contribution is -2.31. The number of likely N-dealkylation sites (N-methyl/N-ethyl adjacent to an activating group) is 1. The Hall–Kier alpha value is -0.160. The summed E-state index contributed by atoms with van der Waals surface area (Å²) in [7, 11) is 2.19. The van der Waals surface area contributed by atoms with Crippen molar-refractivity contribution >= 4 is 22.6 Å². The van der Waals surface area contributed by atoms with Gasteiger partial charge in [0, 0.05) is 27.9 Å². The van der Waals surface area contributed by atoms with E-state index in [-0.39, 0.29) is 0 Å². The molecular weight excluding hydrogens is 287 g/mol. The molecule has 0 N–H and O–H groups in total. The molecule has 0 saturated carbocycles. The van der Waals surface area contributed by atoms with Gasteiger partial charge < -0.3 is 4.90 Å². The largest absolute Gasteiger partial charge is 0.306 e. The van der Waals surface area contributed by atoms with Crippen molar-refractivity contribution in [3.63, 3.8) is 0 Å². The van der Waals surface area contributed by atoms with Crippen LogP contribution in [0.5, 0.6) is 0 Å². The van der Waals surface area contributed by atoms with Gasteiger partial charge in [0.05, 0.1) is 0 Å². The molecule has 0 aliphatic carbocycles. The van der Waals surface area contributed by atoms with Gasteiger partial charge in [0.25, 0.3) is 0 Å². The van der Waals surface area contributed by atoms with Crippen molar-refractivity contribution in [2.24, 2.45) is 0 Å². The molecule has 1 aliphatic heterocycles. The molecule has 1 atom stereocenters. The summed E-state index contributed by atoms with van der Waals surface area (Å²) in [6, 6.07) is 4.32. The Kier molecular flexibility index (Phi) is 3.38. The maximum atomic E-state index is 4.50. The molecular formula is C11H15IN2. The van der Waals surface area contributed by atoms with Gasteiger partial charge in [-0.05, 0) is 61.2 Å².